The van der Waals surface area contributed by atoms with Crippen LogP contribution in [0.4, 0.5) is 19.0 Å². The third-order valence-corrected chi connectivity index (χ3v) is 5.28. The van der Waals surface area contributed by atoms with Gasteiger partial charge in [0.2, 0.25) is 5.91 Å². The fraction of sp³-hybridized carbons (Fsp3) is 0.318. The largest absolute Gasteiger partial charge is 0.417 e. The second-order valence-electron chi connectivity index (χ2n) is 7.85. The topological polar surface area (TPSA) is 90.0 Å². The van der Waals surface area contributed by atoms with E-state index >= 15 is 0 Å². The van der Waals surface area contributed by atoms with E-state index in [9.17, 15) is 18.0 Å². The lowest BCUT2D eigenvalue weighted by Crippen LogP contribution is -2.17. The Morgan fingerprint density at radius 2 is 1.79 bits per heavy atom. The van der Waals surface area contributed by atoms with Gasteiger partial charge in [0.1, 0.15) is 5.82 Å². The van der Waals surface area contributed by atoms with E-state index in [1.54, 1.807) is 17.5 Å². The molecule has 0 aromatic carbocycles. The van der Waals surface area contributed by atoms with Gasteiger partial charge in [0.05, 0.1) is 17.0 Å². The molecule has 4 rings (SSSR count). The molecule has 0 fully saturated rings. The zero-order valence-corrected chi connectivity index (χ0v) is 18.5. The zero-order valence-electron chi connectivity index (χ0n) is 18.5. The van der Waals surface area contributed by atoms with Crippen LogP contribution < -0.4 is 5.32 Å². The van der Waals surface area contributed by atoms with Crippen LogP contribution in [0.2, 0.25) is 0 Å². The third-order valence-electron chi connectivity index (χ3n) is 5.28. The molecule has 0 saturated heterocycles. The molecule has 0 atom stereocenters. The van der Waals surface area contributed by atoms with Crippen LogP contribution in [0.25, 0.3) is 11.5 Å². The van der Waals surface area contributed by atoms with Gasteiger partial charge in [-0.1, -0.05) is 0 Å². The van der Waals surface area contributed by atoms with Crippen molar-refractivity contribution in [3.05, 3.63) is 64.4 Å². The quantitative estimate of drug-likeness (QED) is 0.487. The van der Waals surface area contributed by atoms with Crippen molar-refractivity contribution in [2.45, 2.75) is 46.7 Å². The number of nitrogens with zero attached hydrogens (tertiary/aromatic N) is 6. The summed E-state index contributed by atoms with van der Waals surface area (Å²) in [6, 6.07) is 5.67. The van der Waals surface area contributed by atoms with Gasteiger partial charge in [-0.05, 0) is 51.8 Å². The molecule has 1 amide bonds. The molecule has 0 aliphatic rings. The first kappa shape index (κ1) is 22.4. The zero-order chi connectivity index (χ0) is 23.9. The summed E-state index contributed by atoms with van der Waals surface area (Å²) in [4.78, 5) is 21.1. The highest BCUT2D eigenvalue weighted by Gasteiger charge is 2.30. The minimum absolute atomic E-state index is 0.168. The van der Waals surface area contributed by atoms with Crippen molar-refractivity contribution < 1.29 is 18.0 Å². The Morgan fingerprint density at radius 3 is 2.45 bits per heavy atom. The first-order chi connectivity index (χ1) is 15.5. The molecular weight excluding hydrogens is 435 g/mol. The maximum atomic E-state index is 12.8. The molecule has 33 heavy (non-hydrogen) atoms. The van der Waals surface area contributed by atoms with Crippen LogP contribution in [0.3, 0.4) is 0 Å². The van der Waals surface area contributed by atoms with Crippen molar-refractivity contribution >= 4 is 17.4 Å². The van der Waals surface area contributed by atoms with Gasteiger partial charge in [-0.3, -0.25) is 4.79 Å². The van der Waals surface area contributed by atoms with Crippen LogP contribution in [-0.4, -0.2) is 35.3 Å². The Bertz CT molecular complexity index is 1340. The number of carbonyl (C=O) groups excluding carboxylic acids is 1. The van der Waals surface area contributed by atoms with Gasteiger partial charge < -0.3 is 5.32 Å². The van der Waals surface area contributed by atoms with Crippen LogP contribution in [0.1, 0.15) is 40.3 Å². The minimum atomic E-state index is -4.48. The summed E-state index contributed by atoms with van der Waals surface area (Å²) in [6.07, 6.45) is -3.11. The first-order valence-electron chi connectivity index (χ1n) is 10.3. The lowest BCUT2D eigenvalue weighted by Gasteiger charge is -2.12. The maximum Gasteiger partial charge on any atom is 0.417 e. The molecule has 4 heterocycles. The maximum absolute atomic E-state index is 12.8. The number of aryl methyl sites for hydroxylation is 4. The predicted molar refractivity (Wildman–Crippen MR) is 115 cm³/mol. The minimum Gasteiger partial charge on any atom is -0.311 e. The van der Waals surface area contributed by atoms with E-state index in [0.717, 1.165) is 40.6 Å². The molecule has 4 aromatic heterocycles. The second kappa shape index (κ2) is 8.30. The van der Waals surface area contributed by atoms with Crippen LogP contribution in [-0.2, 0) is 17.4 Å². The number of anilines is 1. The Balaban J connectivity index is 1.51. The Labute approximate surface area is 187 Å². The molecule has 0 radical (unpaired) electrons. The van der Waals surface area contributed by atoms with Gasteiger partial charge in [0, 0.05) is 36.1 Å². The van der Waals surface area contributed by atoms with E-state index in [4.69, 9.17) is 0 Å². The molecule has 8 nitrogen and oxygen atoms in total. The average Bonchev–Trinajstić information content (AvgIpc) is 3.28. The van der Waals surface area contributed by atoms with Crippen molar-refractivity contribution in [1.29, 1.82) is 0 Å². The van der Waals surface area contributed by atoms with E-state index in [1.807, 2.05) is 26.8 Å². The van der Waals surface area contributed by atoms with Crippen LogP contribution in [0.5, 0.6) is 0 Å². The van der Waals surface area contributed by atoms with Crippen molar-refractivity contribution in [3.63, 3.8) is 0 Å². The van der Waals surface area contributed by atoms with Crippen molar-refractivity contribution in [1.82, 2.24) is 29.4 Å². The number of hydrogen-bond donors (Lipinski definition) is 1. The lowest BCUT2D eigenvalue weighted by atomic mass is 10.1. The molecule has 0 aliphatic carbocycles. The molecule has 11 heteroatoms. The monoisotopic (exact) mass is 457 g/mol. The number of carbonyl (C=O) groups is 1. The summed E-state index contributed by atoms with van der Waals surface area (Å²) in [5, 5.41) is 11.5. The summed E-state index contributed by atoms with van der Waals surface area (Å²) >= 11 is 0. The molecule has 4 aromatic rings. The Morgan fingerprint density at radius 1 is 1.06 bits per heavy atom. The molecule has 0 aliphatic heterocycles. The standard InChI is InChI=1S/C22H22F3N7O/c1-12-9-19-27-14(3)17(15(4)31(19)29-12)6-8-21(33)28-20-10-13(2)30-32(20)18-7-5-16(11-26-18)22(23,24)25/h5,7,9-11H,6,8H2,1-4H3,(H,28,33). The summed E-state index contributed by atoms with van der Waals surface area (Å²) in [6.45, 7) is 7.45. The van der Waals surface area contributed by atoms with E-state index in [2.05, 4.69) is 25.5 Å². The summed E-state index contributed by atoms with van der Waals surface area (Å²) in [7, 11) is 0. The molecule has 0 unspecified atom stereocenters. The molecule has 1 N–H and O–H groups in total. The molecule has 172 valence electrons. The van der Waals surface area contributed by atoms with Gasteiger partial charge in [-0.25, -0.2) is 14.5 Å². The van der Waals surface area contributed by atoms with Gasteiger partial charge in [0.25, 0.3) is 0 Å². The average molecular weight is 457 g/mol. The van der Waals surface area contributed by atoms with E-state index in [-0.39, 0.29) is 18.1 Å². The normalized spacial score (nSPS) is 11.8. The molecule has 0 bridgehead atoms. The van der Waals surface area contributed by atoms with Crippen LogP contribution >= 0.6 is 0 Å². The Kier molecular flexibility index (Phi) is 5.64. The first-order valence-corrected chi connectivity index (χ1v) is 10.3. The number of rotatable bonds is 5. The fourth-order valence-corrected chi connectivity index (χ4v) is 3.69. The van der Waals surface area contributed by atoms with Crippen molar-refractivity contribution in [3.8, 4) is 5.82 Å². The highest BCUT2D eigenvalue weighted by Crippen LogP contribution is 2.29. The summed E-state index contributed by atoms with van der Waals surface area (Å²) in [5.74, 6) is 0.231. The fourth-order valence-electron chi connectivity index (χ4n) is 3.69. The van der Waals surface area contributed by atoms with Crippen LogP contribution in [0.15, 0.2) is 30.5 Å². The van der Waals surface area contributed by atoms with Gasteiger partial charge in [0.15, 0.2) is 11.5 Å². The number of nitrogens with one attached hydrogen (secondary N) is 1. The number of hydrogen-bond acceptors (Lipinski definition) is 5. The van der Waals surface area contributed by atoms with Gasteiger partial charge in [-0.15, -0.1) is 0 Å². The van der Waals surface area contributed by atoms with Crippen molar-refractivity contribution in [2.75, 3.05) is 5.32 Å². The van der Waals surface area contributed by atoms with Crippen molar-refractivity contribution in [2.24, 2.45) is 0 Å². The number of halogens is 3. The highest BCUT2D eigenvalue weighted by molar-refractivity contribution is 5.90. The van der Waals surface area contributed by atoms with E-state index < -0.39 is 11.7 Å². The Hall–Kier alpha value is -3.76. The number of amides is 1. The highest BCUT2D eigenvalue weighted by atomic mass is 19.4. The molecule has 0 saturated carbocycles. The smallest absolute Gasteiger partial charge is 0.311 e. The number of alkyl halides is 3. The molecular formula is C22H22F3N7O. The number of pyridine rings is 1. The summed E-state index contributed by atoms with van der Waals surface area (Å²) < 4.78 is 41.5. The van der Waals surface area contributed by atoms with E-state index in [1.165, 1.54) is 10.7 Å². The predicted octanol–water partition coefficient (Wildman–Crippen LogP) is 4.13. The van der Waals surface area contributed by atoms with E-state index in [0.29, 0.717) is 17.9 Å². The summed E-state index contributed by atoms with van der Waals surface area (Å²) in [5.41, 5.74) is 4.05. The lowest BCUT2D eigenvalue weighted by molar-refractivity contribution is -0.137. The second-order valence-corrected chi connectivity index (χ2v) is 7.85. The molecule has 0 spiro atoms. The van der Waals surface area contributed by atoms with Gasteiger partial charge >= 0.3 is 6.18 Å². The SMILES string of the molecule is Cc1cc(NC(=O)CCc2c(C)nc3cc(C)nn3c2C)n(-c2ccc(C(F)(F)F)cn2)n1. The number of aromatic nitrogens is 6. The van der Waals surface area contributed by atoms with Gasteiger partial charge in [-0.2, -0.15) is 28.1 Å². The van der Waals surface area contributed by atoms with Crippen LogP contribution in [0, 0.1) is 27.7 Å². The third kappa shape index (κ3) is 4.57. The number of fused-ring (bicyclic) bond motifs is 1.